The lowest BCUT2D eigenvalue weighted by Crippen LogP contribution is -2.40. The molecule has 0 amide bonds. The molecular formula is C17H18ClNOS. The van der Waals surface area contributed by atoms with Gasteiger partial charge in [-0.1, -0.05) is 17.7 Å². The van der Waals surface area contributed by atoms with Crippen molar-refractivity contribution >= 4 is 28.7 Å². The molecule has 1 fully saturated rings. The van der Waals surface area contributed by atoms with E-state index >= 15 is 0 Å². The Hall–Kier alpha value is -1.16. The van der Waals surface area contributed by atoms with E-state index < -0.39 is 0 Å². The zero-order valence-electron chi connectivity index (χ0n) is 12.0. The third kappa shape index (κ3) is 3.54. The Bertz CT molecular complexity index is 604. The van der Waals surface area contributed by atoms with E-state index in [-0.39, 0.29) is 11.8 Å². The van der Waals surface area contributed by atoms with Crippen LogP contribution in [-0.2, 0) is 6.54 Å². The number of ketones is 1. The van der Waals surface area contributed by atoms with Crippen LogP contribution in [0.3, 0.4) is 0 Å². The summed E-state index contributed by atoms with van der Waals surface area (Å²) in [5.41, 5.74) is 0.740. The van der Waals surface area contributed by atoms with Crippen molar-refractivity contribution < 1.29 is 4.79 Å². The quantitative estimate of drug-likeness (QED) is 0.723. The number of carbonyl (C=O) groups is 1. The SMILES string of the molecule is CC(C(=O)c1ccc(Cl)cc1)N(Cc1cccs1)C1CC1. The molecule has 0 N–H and O–H groups in total. The Labute approximate surface area is 134 Å². The molecule has 1 saturated carbocycles. The van der Waals surface area contributed by atoms with Crippen LogP contribution in [0.2, 0.25) is 5.02 Å². The number of thiophene rings is 1. The monoisotopic (exact) mass is 319 g/mol. The molecule has 110 valence electrons. The van der Waals surface area contributed by atoms with Crippen molar-refractivity contribution in [3.8, 4) is 0 Å². The van der Waals surface area contributed by atoms with Gasteiger partial charge in [0.15, 0.2) is 5.78 Å². The summed E-state index contributed by atoms with van der Waals surface area (Å²) in [7, 11) is 0. The second kappa shape index (κ2) is 6.30. The fourth-order valence-corrected chi connectivity index (χ4v) is 3.42. The van der Waals surface area contributed by atoms with Gasteiger partial charge in [0.2, 0.25) is 0 Å². The first-order chi connectivity index (χ1) is 10.1. The molecule has 0 radical (unpaired) electrons. The van der Waals surface area contributed by atoms with E-state index in [1.807, 2.05) is 19.1 Å². The number of Topliss-reactive ketones (excluding diaryl/α,β-unsaturated/α-hetero) is 1. The maximum atomic E-state index is 12.7. The molecule has 2 nitrogen and oxygen atoms in total. The van der Waals surface area contributed by atoms with Gasteiger partial charge in [0.1, 0.15) is 0 Å². The van der Waals surface area contributed by atoms with Crippen LogP contribution in [0.4, 0.5) is 0 Å². The van der Waals surface area contributed by atoms with Crippen LogP contribution in [0.5, 0.6) is 0 Å². The molecule has 1 aromatic heterocycles. The average molecular weight is 320 g/mol. The van der Waals surface area contributed by atoms with Crippen LogP contribution >= 0.6 is 22.9 Å². The molecule has 4 heteroatoms. The summed E-state index contributed by atoms with van der Waals surface area (Å²) in [6.07, 6.45) is 2.40. The molecule has 1 aromatic carbocycles. The molecule has 1 aliphatic carbocycles. The van der Waals surface area contributed by atoms with Gasteiger partial charge in [-0.25, -0.2) is 0 Å². The van der Waals surface area contributed by atoms with Crippen LogP contribution in [0.15, 0.2) is 41.8 Å². The van der Waals surface area contributed by atoms with E-state index in [1.165, 1.54) is 17.7 Å². The number of benzene rings is 1. The predicted molar refractivity (Wildman–Crippen MR) is 88.1 cm³/mol. The highest BCUT2D eigenvalue weighted by molar-refractivity contribution is 7.09. The van der Waals surface area contributed by atoms with Crippen molar-refractivity contribution in [2.45, 2.75) is 38.4 Å². The Kier molecular flexibility index (Phi) is 4.43. The smallest absolute Gasteiger partial charge is 0.179 e. The maximum absolute atomic E-state index is 12.7. The highest BCUT2D eigenvalue weighted by atomic mass is 35.5. The van der Waals surface area contributed by atoms with Gasteiger partial charge in [0, 0.05) is 28.0 Å². The van der Waals surface area contributed by atoms with E-state index in [9.17, 15) is 4.79 Å². The van der Waals surface area contributed by atoms with Gasteiger partial charge < -0.3 is 0 Å². The summed E-state index contributed by atoms with van der Waals surface area (Å²) in [4.78, 5) is 16.3. The molecule has 1 heterocycles. The minimum atomic E-state index is -0.0965. The van der Waals surface area contributed by atoms with Crippen molar-refractivity contribution in [1.29, 1.82) is 0 Å². The number of nitrogens with zero attached hydrogens (tertiary/aromatic N) is 1. The van der Waals surface area contributed by atoms with E-state index in [0.717, 1.165) is 12.1 Å². The second-order valence-electron chi connectivity index (χ2n) is 5.53. The van der Waals surface area contributed by atoms with Crippen LogP contribution < -0.4 is 0 Å². The summed E-state index contributed by atoms with van der Waals surface area (Å²) < 4.78 is 0. The zero-order valence-corrected chi connectivity index (χ0v) is 13.5. The molecule has 1 unspecified atom stereocenters. The topological polar surface area (TPSA) is 20.3 Å². The van der Waals surface area contributed by atoms with Crippen LogP contribution in [0, 0.1) is 0 Å². The third-order valence-electron chi connectivity index (χ3n) is 3.94. The largest absolute Gasteiger partial charge is 0.292 e. The Morgan fingerprint density at radius 2 is 2.05 bits per heavy atom. The lowest BCUT2D eigenvalue weighted by Gasteiger charge is -2.27. The molecule has 0 saturated heterocycles. The standard InChI is InChI=1S/C17H18ClNOS/c1-12(17(20)13-4-6-14(18)7-5-13)19(15-8-9-15)11-16-3-2-10-21-16/h2-7,10,12,15H,8-9,11H2,1H3. The highest BCUT2D eigenvalue weighted by Gasteiger charge is 2.35. The predicted octanol–water partition coefficient (Wildman–Crippen LogP) is 4.64. The molecule has 0 spiro atoms. The number of carbonyl (C=O) groups excluding carboxylic acids is 1. The molecule has 0 bridgehead atoms. The van der Waals surface area contributed by atoms with Crippen LogP contribution in [0.1, 0.15) is 35.0 Å². The maximum Gasteiger partial charge on any atom is 0.179 e. The Morgan fingerprint density at radius 3 is 2.62 bits per heavy atom. The fourth-order valence-electron chi connectivity index (χ4n) is 2.58. The van der Waals surface area contributed by atoms with E-state index in [4.69, 9.17) is 11.6 Å². The first-order valence-corrected chi connectivity index (χ1v) is 8.49. The van der Waals surface area contributed by atoms with E-state index in [0.29, 0.717) is 11.1 Å². The molecule has 0 aliphatic heterocycles. The minimum absolute atomic E-state index is 0.0965. The van der Waals surface area contributed by atoms with Crippen molar-refractivity contribution in [2.24, 2.45) is 0 Å². The van der Waals surface area contributed by atoms with Crippen LogP contribution in [0.25, 0.3) is 0 Å². The highest BCUT2D eigenvalue weighted by Crippen LogP contribution is 2.32. The summed E-state index contributed by atoms with van der Waals surface area (Å²) in [5.74, 6) is 0.176. The average Bonchev–Trinajstić information content (AvgIpc) is 3.20. The molecule has 2 aromatic rings. The lowest BCUT2D eigenvalue weighted by atomic mass is 10.0. The molecule has 1 atom stereocenters. The molecule has 3 rings (SSSR count). The van der Waals surface area contributed by atoms with E-state index in [1.54, 1.807) is 23.5 Å². The number of halogens is 1. The summed E-state index contributed by atoms with van der Waals surface area (Å²) in [6, 6.07) is 11.9. The Morgan fingerprint density at radius 1 is 1.33 bits per heavy atom. The normalized spacial score (nSPS) is 16.1. The van der Waals surface area contributed by atoms with Crippen molar-refractivity contribution in [2.75, 3.05) is 0 Å². The summed E-state index contributed by atoms with van der Waals surface area (Å²) in [5, 5.41) is 2.75. The van der Waals surface area contributed by atoms with Crippen molar-refractivity contribution in [1.82, 2.24) is 4.90 Å². The van der Waals surface area contributed by atoms with Gasteiger partial charge in [-0.2, -0.15) is 0 Å². The van der Waals surface area contributed by atoms with Gasteiger partial charge in [0.05, 0.1) is 6.04 Å². The number of hydrogen-bond donors (Lipinski definition) is 0. The molecule has 1 aliphatic rings. The minimum Gasteiger partial charge on any atom is -0.292 e. The van der Waals surface area contributed by atoms with Gasteiger partial charge in [0.25, 0.3) is 0 Å². The molecular weight excluding hydrogens is 302 g/mol. The first-order valence-electron chi connectivity index (χ1n) is 7.23. The fraction of sp³-hybridized carbons (Fsp3) is 0.353. The third-order valence-corrected chi connectivity index (χ3v) is 5.05. The number of hydrogen-bond acceptors (Lipinski definition) is 3. The Balaban J connectivity index is 1.75. The van der Waals surface area contributed by atoms with Crippen molar-refractivity contribution in [3.63, 3.8) is 0 Å². The van der Waals surface area contributed by atoms with Crippen molar-refractivity contribution in [3.05, 3.63) is 57.2 Å². The first kappa shape index (κ1) is 14.8. The second-order valence-corrected chi connectivity index (χ2v) is 7.00. The van der Waals surface area contributed by atoms with E-state index in [2.05, 4.69) is 22.4 Å². The summed E-state index contributed by atoms with van der Waals surface area (Å²) >= 11 is 7.65. The van der Waals surface area contributed by atoms with Gasteiger partial charge in [-0.15, -0.1) is 11.3 Å². The van der Waals surface area contributed by atoms with Crippen LogP contribution in [-0.4, -0.2) is 22.8 Å². The molecule has 21 heavy (non-hydrogen) atoms. The zero-order chi connectivity index (χ0) is 14.8. The number of rotatable bonds is 6. The van der Waals surface area contributed by atoms with Gasteiger partial charge >= 0.3 is 0 Å². The lowest BCUT2D eigenvalue weighted by molar-refractivity contribution is 0.0816. The van der Waals surface area contributed by atoms with Gasteiger partial charge in [-0.3, -0.25) is 9.69 Å². The van der Waals surface area contributed by atoms with Gasteiger partial charge in [-0.05, 0) is 55.5 Å². The summed E-state index contributed by atoms with van der Waals surface area (Å²) in [6.45, 7) is 2.88.